The number of fused-ring (bicyclic) bond motifs is 2. The second-order valence-electron chi connectivity index (χ2n) is 6.84. The molecule has 128 valence electrons. The van der Waals surface area contributed by atoms with E-state index in [1.807, 2.05) is 25.1 Å². The molecule has 25 heavy (non-hydrogen) atoms. The lowest BCUT2D eigenvalue weighted by molar-refractivity contribution is -0.929. The first-order valence-corrected chi connectivity index (χ1v) is 8.75. The van der Waals surface area contributed by atoms with Gasteiger partial charge in [0.05, 0.1) is 19.2 Å². The van der Waals surface area contributed by atoms with E-state index in [2.05, 4.69) is 29.2 Å². The number of aromatic amines is 1. The molecule has 1 unspecified atom stereocenters. The maximum absolute atomic E-state index is 13.0. The van der Waals surface area contributed by atoms with Crippen LogP contribution in [-0.2, 0) is 19.5 Å². The van der Waals surface area contributed by atoms with Crippen LogP contribution in [0, 0.1) is 6.92 Å². The molecule has 0 saturated heterocycles. The molecule has 1 aliphatic rings. The molecule has 0 saturated carbocycles. The fourth-order valence-corrected chi connectivity index (χ4v) is 3.81. The van der Waals surface area contributed by atoms with Gasteiger partial charge in [0.1, 0.15) is 18.8 Å². The highest BCUT2D eigenvalue weighted by atomic mass is 16.5. The van der Waals surface area contributed by atoms with E-state index < -0.39 is 0 Å². The number of hydrogen-bond acceptors (Lipinski definition) is 2. The second kappa shape index (κ2) is 6.37. The van der Waals surface area contributed by atoms with Crippen LogP contribution in [0.4, 0.5) is 0 Å². The van der Waals surface area contributed by atoms with E-state index in [1.165, 1.54) is 16.0 Å². The van der Waals surface area contributed by atoms with Crippen molar-refractivity contribution in [2.45, 2.75) is 26.4 Å². The molecule has 0 bridgehead atoms. The summed E-state index contributed by atoms with van der Waals surface area (Å²) in [6.07, 6.45) is 1.07. The van der Waals surface area contributed by atoms with E-state index in [0.29, 0.717) is 11.1 Å². The van der Waals surface area contributed by atoms with Gasteiger partial charge in [-0.05, 0) is 30.7 Å². The number of nitrogens with one attached hydrogen (secondary N) is 2. The Hall–Kier alpha value is -2.59. The molecule has 2 aromatic carbocycles. The first-order valence-electron chi connectivity index (χ1n) is 8.75. The molecule has 4 nitrogen and oxygen atoms in total. The van der Waals surface area contributed by atoms with Crippen molar-refractivity contribution in [2.24, 2.45) is 0 Å². The SMILES string of the molecule is COc1ccc2[nH]c(C)c(C[NH+]3CCc4ccccc4C3)c(=O)c2c1. The lowest BCUT2D eigenvalue weighted by atomic mass is 9.99. The predicted octanol–water partition coefficient (Wildman–Crippen LogP) is 1.99. The zero-order chi connectivity index (χ0) is 17.4. The lowest BCUT2D eigenvalue weighted by Crippen LogP contribution is -3.10. The zero-order valence-electron chi connectivity index (χ0n) is 14.7. The summed E-state index contributed by atoms with van der Waals surface area (Å²) in [6, 6.07) is 14.2. The van der Waals surface area contributed by atoms with Gasteiger partial charge in [-0.1, -0.05) is 24.3 Å². The molecule has 1 atom stereocenters. The maximum atomic E-state index is 13.0. The Morgan fingerprint density at radius 3 is 2.76 bits per heavy atom. The zero-order valence-corrected chi connectivity index (χ0v) is 14.7. The summed E-state index contributed by atoms with van der Waals surface area (Å²) >= 11 is 0. The summed E-state index contributed by atoms with van der Waals surface area (Å²) in [4.78, 5) is 17.9. The Morgan fingerprint density at radius 2 is 1.96 bits per heavy atom. The highest BCUT2D eigenvalue weighted by Gasteiger charge is 2.22. The third kappa shape index (κ3) is 2.94. The van der Waals surface area contributed by atoms with Crippen molar-refractivity contribution in [1.82, 2.24) is 4.98 Å². The highest BCUT2D eigenvalue weighted by Crippen LogP contribution is 2.18. The van der Waals surface area contributed by atoms with E-state index in [1.54, 1.807) is 7.11 Å². The van der Waals surface area contributed by atoms with Gasteiger partial charge in [0, 0.05) is 28.6 Å². The van der Waals surface area contributed by atoms with Crippen molar-refractivity contribution < 1.29 is 9.64 Å². The monoisotopic (exact) mass is 335 g/mol. The molecule has 0 aliphatic carbocycles. The molecule has 0 spiro atoms. The standard InChI is InChI=1S/C21H22N2O2/c1-14-19(13-23-10-9-15-5-3-4-6-16(15)12-23)21(24)18-11-17(25-2)7-8-20(18)22-14/h3-8,11H,9-10,12-13H2,1-2H3,(H,22,24)/p+1. The summed E-state index contributed by atoms with van der Waals surface area (Å²) in [5, 5.41) is 0.705. The third-order valence-corrected chi connectivity index (χ3v) is 5.25. The fourth-order valence-electron chi connectivity index (χ4n) is 3.81. The Balaban J connectivity index is 1.69. The summed E-state index contributed by atoms with van der Waals surface area (Å²) in [6.45, 7) is 4.79. The van der Waals surface area contributed by atoms with Gasteiger partial charge < -0.3 is 14.6 Å². The Morgan fingerprint density at radius 1 is 1.16 bits per heavy atom. The van der Waals surface area contributed by atoms with Crippen molar-refractivity contribution >= 4 is 10.9 Å². The number of aryl methyl sites for hydroxylation is 1. The van der Waals surface area contributed by atoms with Gasteiger partial charge in [0.15, 0.2) is 5.43 Å². The highest BCUT2D eigenvalue weighted by molar-refractivity contribution is 5.81. The number of rotatable bonds is 3. The number of H-pyrrole nitrogens is 1. The molecule has 3 aromatic rings. The molecular formula is C21H23N2O2+. The fraction of sp³-hybridized carbons (Fsp3) is 0.286. The van der Waals surface area contributed by atoms with Crippen LogP contribution >= 0.6 is 0 Å². The molecule has 0 fully saturated rings. The summed E-state index contributed by atoms with van der Waals surface area (Å²) < 4.78 is 5.28. The quantitative estimate of drug-likeness (QED) is 0.769. The maximum Gasteiger partial charge on any atom is 0.198 e. The van der Waals surface area contributed by atoms with E-state index in [4.69, 9.17) is 4.74 Å². The van der Waals surface area contributed by atoms with Crippen molar-refractivity contribution in [3.8, 4) is 5.75 Å². The minimum Gasteiger partial charge on any atom is -0.497 e. The first-order chi connectivity index (χ1) is 12.2. The number of hydrogen-bond donors (Lipinski definition) is 2. The summed E-state index contributed by atoms with van der Waals surface area (Å²) in [7, 11) is 1.62. The number of pyridine rings is 1. The number of quaternary nitrogens is 1. The third-order valence-electron chi connectivity index (χ3n) is 5.25. The minimum absolute atomic E-state index is 0.122. The second-order valence-corrected chi connectivity index (χ2v) is 6.84. The Bertz CT molecular complexity index is 991. The Labute approximate surface area is 147 Å². The van der Waals surface area contributed by atoms with Crippen molar-refractivity contribution in [2.75, 3.05) is 13.7 Å². The number of methoxy groups -OCH3 is 1. The normalized spacial score (nSPS) is 16.6. The largest absolute Gasteiger partial charge is 0.497 e. The van der Waals surface area contributed by atoms with Crippen LogP contribution in [0.3, 0.4) is 0 Å². The number of aromatic nitrogens is 1. The van der Waals surface area contributed by atoms with Crippen LogP contribution in [0.5, 0.6) is 5.75 Å². The van der Waals surface area contributed by atoms with Gasteiger partial charge in [0.2, 0.25) is 0 Å². The molecule has 2 heterocycles. The van der Waals surface area contributed by atoms with Crippen LogP contribution in [0.1, 0.15) is 22.4 Å². The van der Waals surface area contributed by atoms with Crippen molar-refractivity contribution in [3.63, 3.8) is 0 Å². The molecule has 1 aromatic heterocycles. The molecule has 2 N–H and O–H groups in total. The first kappa shape index (κ1) is 15.9. The smallest absolute Gasteiger partial charge is 0.198 e. The van der Waals surface area contributed by atoms with Gasteiger partial charge in [-0.2, -0.15) is 0 Å². The molecule has 4 rings (SSSR count). The summed E-state index contributed by atoms with van der Waals surface area (Å²) in [5.74, 6) is 0.715. The van der Waals surface area contributed by atoms with E-state index in [9.17, 15) is 4.79 Å². The van der Waals surface area contributed by atoms with Gasteiger partial charge in [-0.25, -0.2) is 0 Å². The predicted molar refractivity (Wildman–Crippen MR) is 99.2 cm³/mol. The van der Waals surface area contributed by atoms with Gasteiger partial charge in [0.25, 0.3) is 0 Å². The molecule has 4 heteroatoms. The van der Waals surface area contributed by atoms with Gasteiger partial charge >= 0.3 is 0 Å². The molecular weight excluding hydrogens is 312 g/mol. The minimum atomic E-state index is 0.122. The van der Waals surface area contributed by atoms with Crippen LogP contribution < -0.4 is 15.1 Å². The number of benzene rings is 2. The van der Waals surface area contributed by atoms with E-state index in [-0.39, 0.29) is 5.43 Å². The lowest BCUT2D eigenvalue weighted by Gasteiger charge is -2.26. The van der Waals surface area contributed by atoms with Crippen LogP contribution in [0.2, 0.25) is 0 Å². The van der Waals surface area contributed by atoms with Crippen LogP contribution in [-0.4, -0.2) is 18.6 Å². The average Bonchev–Trinajstić information content (AvgIpc) is 2.65. The van der Waals surface area contributed by atoms with Crippen LogP contribution in [0.25, 0.3) is 10.9 Å². The average molecular weight is 335 g/mol. The van der Waals surface area contributed by atoms with Crippen molar-refractivity contribution in [1.29, 1.82) is 0 Å². The molecule has 0 amide bonds. The van der Waals surface area contributed by atoms with Crippen LogP contribution in [0.15, 0.2) is 47.3 Å². The van der Waals surface area contributed by atoms with Gasteiger partial charge in [-0.3, -0.25) is 4.79 Å². The topological polar surface area (TPSA) is 46.5 Å². The van der Waals surface area contributed by atoms with E-state index >= 15 is 0 Å². The van der Waals surface area contributed by atoms with Gasteiger partial charge in [-0.15, -0.1) is 0 Å². The molecule has 0 radical (unpaired) electrons. The van der Waals surface area contributed by atoms with E-state index in [0.717, 1.165) is 42.8 Å². The Kier molecular flexibility index (Phi) is 4.06. The van der Waals surface area contributed by atoms with Crippen molar-refractivity contribution in [3.05, 3.63) is 75.1 Å². The number of ether oxygens (including phenoxy) is 1. The summed E-state index contributed by atoms with van der Waals surface area (Å²) in [5.41, 5.74) is 5.69. The molecule has 1 aliphatic heterocycles.